The summed E-state index contributed by atoms with van der Waals surface area (Å²) in [4.78, 5) is 18.2. The van der Waals surface area contributed by atoms with Gasteiger partial charge in [0.05, 0.1) is 12.0 Å². The number of aryl methyl sites for hydroxylation is 1. The van der Waals surface area contributed by atoms with Crippen molar-refractivity contribution in [1.29, 1.82) is 0 Å². The summed E-state index contributed by atoms with van der Waals surface area (Å²) < 4.78 is 0. The predicted molar refractivity (Wildman–Crippen MR) is 56.2 cm³/mol. The largest absolute Gasteiger partial charge is 0.355 e. The van der Waals surface area contributed by atoms with Crippen molar-refractivity contribution in [2.75, 3.05) is 6.54 Å². The number of nitrogens with one attached hydrogen (secondary N) is 3. The van der Waals surface area contributed by atoms with E-state index in [1.165, 1.54) is 0 Å². The van der Waals surface area contributed by atoms with Gasteiger partial charge in [-0.1, -0.05) is 0 Å². The molecular weight excluding hydrogens is 192 g/mol. The van der Waals surface area contributed by atoms with Gasteiger partial charge in [-0.05, 0) is 13.3 Å². The zero-order valence-corrected chi connectivity index (χ0v) is 8.84. The highest BCUT2D eigenvalue weighted by molar-refractivity contribution is 5.76. The second kappa shape index (κ2) is 4.44. The van der Waals surface area contributed by atoms with Crippen LogP contribution in [0.5, 0.6) is 0 Å². The molecule has 1 aromatic rings. The van der Waals surface area contributed by atoms with Crippen molar-refractivity contribution in [3.8, 4) is 0 Å². The zero-order chi connectivity index (χ0) is 10.7. The summed E-state index contributed by atoms with van der Waals surface area (Å²) in [6, 6.07) is 0.374. The molecule has 2 rings (SSSR count). The number of hydrogen-bond donors (Lipinski definition) is 3. The molecule has 0 aliphatic carbocycles. The van der Waals surface area contributed by atoms with Crippen LogP contribution in [0, 0.1) is 6.92 Å². The van der Waals surface area contributed by atoms with Crippen LogP contribution in [-0.4, -0.2) is 28.5 Å². The van der Waals surface area contributed by atoms with Crippen LogP contribution in [0.25, 0.3) is 0 Å². The van der Waals surface area contributed by atoms with Gasteiger partial charge in [-0.15, -0.1) is 0 Å². The van der Waals surface area contributed by atoms with Crippen molar-refractivity contribution >= 4 is 5.91 Å². The van der Waals surface area contributed by atoms with Crippen molar-refractivity contribution in [2.45, 2.75) is 32.4 Å². The number of piperidine rings is 1. The highest BCUT2D eigenvalue weighted by Crippen LogP contribution is 2.05. The first kappa shape index (κ1) is 10.2. The molecule has 3 N–H and O–H groups in total. The molecule has 0 bridgehead atoms. The summed E-state index contributed by atoms with van der Waals surface area (Å²) in [5.41, 5.74) is 2.15. The number of imidazole rings is 1. The van der Waals surface area contributed by atoms with E-state index in [2.05, 4.69) is 20.6 Å². The van der Waals surface area contributed by atoms with Gasteiger partial charge in [-0.3, -0.25) is 4.79 Å². The Morgan fingerprint density at radius 2 is 2.53 bits per heavy atom. The summed E-state index contributed by atoms with van der Waals surface area (Å²) in [7, 11) is 0. The van der Waals surface area contributed by atoms with Crippen LogP contribution in [-0.2, 0) is 11.3 Å². The van der Waals surface area contributed by atoms with E-state index < -0.39 is 0 Å². The summed E-state index contributed by atoms with van der Waals surface area (Å²) in [6.45, 7) is 3.49. The van der Waals surface area contributed by atoms with Crippen LogP contribution in [0.4, 0.5) is 0 Å². The second-order valence-electron chi connectivity index (χ2n) is 3.89. The van der Waals surface area contributed by atoms with Gasteiger partial charge in [0.1, 0.15) is 0 Å². The molecule has 15 heavy (non-hydrogen) atoms. The summed E-state index contributed by atoms with van der Waals surface area (Å²) in [6.07, 6.45) is 3.24. The van der Waals surface area contributed by atoms with Crippen molar-refractivity contribution in [3.05, 3.63) is 17.7 Å². The Morgan fingerprint density at radius 1 is 1.67 bits per heavy atom. The van der Waals surface area contributed by atoms with E-state index in [0.29, 0.717) is 12.5 Å². The third-order valence-corrected chi connectivity index (χ3v) is 2.76. The average Bonchev–Trinajstić information content (AvgIpc) is 2.63. The Labute approximate surface area is 88.7 Å². The number of H-pyrrole nitrogens is 1. The number of amides is 1. The number of hydrogen-bond acceptors (Lipinski definition) is 3. The van der Waals surface area contributed by atoms with Crippen molar-refractivity contribution < 1.29 is 4.79 Å². The molecule has 0 saturated carbocycles. The minimum Gasteiger partial charge on any atom is -0.355 e. The van der Waals surface area contributed by atoms with E-state index in [0.717, 1.165) is 30.9 Å². The van der Waals surface area contributed by atoms with Gasteiger partial charge in [0, 0.05) is 31.2 Å². The molecule has 2 heterocycles. The second-order valence-corrected chi connectivity index (χ2v) is 3.89. The zero-order valence-electron chi connectivity index (χ0n) is 8.84. The maximum Gasteiger partial charge on any atom is 0.220 e. The third kappa shape index (κ3) is 2.56. The minimum atomic E-state index is 0.156. The fourth-order valence-electron chi connectivity index (χ4n) is 1.71. The molecule has 0 spiro atoms. The van der Waals surface area contributed by atoms with Crippen LogP contribution >= 0.6 is 0 Å². The molecule has 1 aliphatic rings. The van der Waals surface area contributed by atoms with Crippen molar-refractivity contribution in [2.24, 2.45) is 0 Å². The number of aromatic amines is 1. The lowest BCUT2D eigenvalue weighted by molar-refractivity contribution is -0.122. The Morgan fingerprint density at radius 3 is 3.13 bits per heavy atom. The fourth-order valence-corrected chi connectivity index (χ4v) is 1.71. The summed E-state index contributed by atoms with van der Waals surface area (Å²) >= 11 is 0. The van der Waals surface area contributed by atoms with E-state index in [1.807, 2.05) is 6.92 Å². The van der Waals surface area contributed by atoms with Crippen molar-refractivity contribution in [3.63, 3.8) is 0 Å². The van der Waals surface area contributed by atoms with Crippen molar-refractivity contribution in [1.82, 2.24) is 20.6 Å². The van der Waals surface area contributed by atoms with Gasteiger partial charge in [0.25, 0.3) is 0 Å². The molecule has 1 unspecified atom stereocenters. The van der Waals surface area contributed by atoms with E-state index in [9.17, 15) is 4.79 Å². The molecule has 1 amide bonds. The highest BCUT2D eigenvalue weighted by atomic mass is 16.1. The quantitative estimate of drug-likeness (QED) is 0.659. The number of carbonyl (C=O) groups excluding carboxylic acids is 1. The molecule has 1 atom stereocenters. The third-order valence-electron chi connectivity index (χ3n) is 2.76. The lowest BCUT2D eigenvalue weighted by atomic mass is 10.1. The van der Waals surface area contributed by atoms with E-state index in [-0.39, 0.29) is 5.91 Å². The number of rotatable bonds is 3. The van der Waals surface area contributed by atoms with E-state index in [1.54, 1.807) is 6.33 Å². The first-order valence-corrected chi connectivity index (χ1v) is 5.24. The maximum atomic E-state index is 10.9. The first-order chi connectivity index (χ1) is 7.25. The molecular formula is C10H16N4O. The average molecular weight is 208 g/mol. The number of aromatic nitrogens is 2. The van der Waals surface area contributed by atoms with Gasteiger partial charge < -0.3 is 15.6 Å². The standard InChI is InChI=1S/C10H16N4O/c1-7-9(14-6-13-7)5-11-8-2-3-10(15)12-4-8/h6,8,11H,2-5H2,1H3,(H,12,15)(H,13,14). The Balaban J connectivity index is 1.79. The Bertz CT molecular complexity index is 337. The molecule has 5 heteroatoms. The van der Waals surface area contributed by atoms with Crippen LogP contribution in [0.3, 0.4) is 0 Å². The van der Waals surface area contributed by atoms with Gasteiger partial charge in [0.2, 0.25) is 5.91 Å². The first-order valence-electron chi connectivity index (χ1n) is 5.24. The molecule has 5 nitrogen and oxygen atoms in total. The lowest BCUT2D eigenvalue weighted by Crippen LogP contribution is -2.45. The fraction of sp³-hybridized carbons (Fsp3) is 0.600. The monoisotopic (exact) mass is 208 g/mol. The summed E-state index contributed by atoms with van der Waals surface area (Å²) in [5, 5.41) is 6.24. The van der Waals surface area contributed by atoms with Crippen LogP contribution < -0.4 is 10.6 Å². The molecule has 1 saturated heterocycles. The normalized spacial score (nSPS) is 21.4. The molecule has 0 aromatic carbocycles. The Kier molecular flexibility index (Phi) is 3.01. The molecule has 1 aromatic heterocycles. The van der Waals surface area contributed by atoms with Crippen LogP contribution in [0.2, 0.25) is 0 Å². The number of carbonyl (C=O) groups is 1. The molecule has 0 radical (unpaired) electrons. The molecule has 1 aliphatic heterocycles. The van der Waals surface area contributed by atoms with Gasteiger partial charge in [-0.2, -0.15) is 0 Å². The van der Waals surface area contributed by atoms with Gasteiger partial charge in [-0.25, -0.2) is 4.98 Å². The topological polar surface area (TPSA) is 69.8 Å². The lowest BCUT2D eigenvalue weighted by Gasteiger charge is -2.23. The van der Waals surface area contributed by atoms with Gasteiger partial charge in [0.15, 0.2) is 0 Å². The molecule has 82 valence electrons. The summed E-state index contributed by atoms with van der Waals surface area (Å²) in [5.74, 6) is 0.156. The van der Waals surface area contributed by atoms with E-state index in [4.69, 9.17) is 0 Å². The maximum absolute atomic E-state index is 10.9. The number of nitrogens with zero attached hydrogens (tertiary/aromatic N) is 1. The SMILES string of the molecule is Cc1[nH]cnc1CNC1CCC(=O)NC1. The highest BCUT2D eigenvalue weighted by Gasteiger charge is 2.17. The minimum absolute atomic E-state index is 0.156. The van der Waals surface area contributed by atoms with Crippen LogP contribution in [0.1, 0.15) is 24.2 Å². The smallest absolute Gasteiger partial charge is 0.220 e. The van der Waals surface area contributed by atoms with Gasteiger partial charge >= 0.3 is 0 Å². The predicted octanol–water partition coefficient (Wildman–Crippen LogP) is 0.0863. The molecule has 1 fully saturated rings. The van der Waals surface area contributed by atoms with Crippen LogP contribution in [0.15, 0.2) is 6.33 Å². The van der Waals surface area contributed by atoms with E-state index >= 15 is 0 Å². The Hall–Kier alpha value is -1.36.